The van der Waals surface area contributed by atoms with Crippen molar-refractivity contribution < 1.29 is 14.3 Å². The van der Waals surface area contributed by atoms with E-state index in [0.29, 0.717) is 18.5 Å². The molecule has 116 valence electrons. The van der Waals surface area contributed by atoms with E-state index < -0.39 is 11.3 Å². The predicted octanol–water partition coefficient (Wildman–Crippen LogP) is -0.187. The van der Waals surface area contributed by atoms with Gasteiger partial charge in [-0.2, -0.15) is 0 Å². The lowest BCUT2D eigenvalue weighted by Gasteiger charge is -2.29. The lowest BCUT2D eigenvalue weighted by molar-refractivity contribution is -0.128. The largest absolute Gasteiger partial charge is 0.379 e. The predicted molar refractivity (Wildman–Crippen MR) is 79.4 cm³/mol. The van der Waals surface area contributed by atoms with E-state index in [4.69, 9.17) is 10.5 Å². The van der Waals surface area contributed by atoms with Crippen molar-refractivity contribution in [2.24, 2.45) is 11.1 Å². The van der Waals surface area contributed by atoms with Crippen molar-refractivity contribution in [3.05, 3.63) is 23.8 Å². The highest BCUT2D eigenvalue weighted by Gasteiger charge is 2.34. The second-order valence-corrected chi connectivity index (χ2v) is 5.72. The first-order valence-electron chi connectivity index (χ1n) is 7.28. The van der Waals surface area contributed by atoms with Crippen LogP contribution in [0.3, 0.4) is 0 Å². The van der Waals surface area contributed by atoms with Gasteiger partial charge >= 0.3 is 0 Å². The van der Waals surface area contributed by atoms with Crippen LogP contribution in [0.1, 0.15) is 13.3 Å². The fourth-order valence-corrected chi connectivity index (χ4v) is 2.57. The van der Waals surface area contributed by atoms with Crippen LogP contribution in [0.15, 0.2) is 23.8 Å². The Hall–Kier alpha value is -1.66. The number of hydrogen-bond acceptors (Lipinski definition) is 4. The molecule has 1 aliphatic carbocycles. The van der Waals surface area contributed by atoms with Gasteiger partial charge < -0.3 is 15.8 Å². The van der Waals surface area contributed by atoms with Gasteiger partial charge in [0.05, 0.1) is 18.6 Å². The van der Waals surface area contributed by atoms with E-state index in [1.807, 2.05) is 13.0 Å². The third-order valence-electron chi connectivity index (χ3n) is 3.97. The Labute approximate surface area is 125 Å². The first-order valence-corrected chi connectivity index (χ1v) is 7.28. The minimum Gasteiger partial charge on any atom is -0.379 e. The zero-order valence-corrected chi connectivity index (χ0v) is 12.4. The topological polar surface area (TPSA) is 84.7 Å². The van der Waals surface area contributed by atoms with Crippen LogP contribution in [0.25, 0.3) is 0 Å². The highest BCUT2D eigenvalue weighted by Crippen LogP contribution is 2.31. The number of nitrogens with one attached hydrogen (secondary N) is 1. The van der Waals surface area contributed by atoms with Crippen molar-refractivity contribution in [3.63, 3.8) is 0 Å². The molecule has 1 atom stereocenters. The Morgan fingerprint density at radius 3 is 2.81 bits per heavy atom. The van der Waals surface area contributed by atoms with Gasteiger partial charge in [-0.05, 0) is 13.3 Å². The number of primary amides is 1. The van der Waals surface area contributed by atoms with Crippen LogP contribution in [-0.4, -0.2) is 56.1 Å². The maximum atomic E-state index is 12.3. The van der Waals surface area contributed by atoms with E-state index >= 15 is 0 Å². The zero-order chi connectivity index (χ0) is 15.3. The number of carbonyl (C=O) groups excluding carboxylic acids is 2. The summed E-state index contributed by atoms with van der Waals surface area (Å²) in [7, 11) is 0. The summed E-state index contributed by atoms with van der Waals surface area (Å²) in [5.74, 6) is -0.537. The normalized spacial score (nSPS) is 26.2. The van der Waals surface area contributed by atoms with E-state index in [9.17, 15) is 9.59 Å². The fourth-order valence-electron chi connectivity index (χ4n) is 2.57. The number of amides is 2. The van der Waals surface area contributed by atoms with Gasteiger partial charge in [-0.3, -0.25) is 14.5 Å². The minimum atomic E-state index is -0.704. The number of carbonyl (C=O) groups is 2. The van der Waals surface area contributed by atoms with Gasteiger partial charge in [0, 0.05) is 31.8 Å². The Morgan fingerprint density at radius 1 is 1.43 bits per heavy atom. The lowest BCUT2D eigenvalue weighted by Crippen LogP contribution is -2.45. The van der Waals surface area contributed by atoms with Crippen LogP contribution in [0, 0.1) is 5.41 Å². The standard InChI is InChI=1S/C15H23N3O3/c1-15(4-2-3-12(11-15)13(16)19)14(20)17-5-6-18-7-9-21-10-8-18/h2-4H,5-11H2,1H3,(H2,16,19)(H,17,20). The third kappa shape index (κ3) is 4.15. The number of allylic oxidation sites excluding steroid dienone is 2. The van der Waals surface area contributed by atoms with Gasteiger partial charge in [-0.25, -0.2) is 0 Å². The highest BCUT2D eigenvalue weighted by atomic mass is 16.5. The Balaban J connectivity index is 1.81. The van der Waals surface area contributed by atoms with E-state index in [2.05, 4.69) is 10.2 Å². The van der Waals surface area contributed by atoms with Crippen molar-refractivity contribution >= 4 is 11.8 Å². The molecule has 21 heavy (non-hydrogen) atoms. The van der Waals surface area contributed by atoms with Crippen LogP contribution in [0.4, 0.5) is 0 Å². The maximum absolute atomic E-state index is 12.3. The summed E-state index contributed by atoms with van der Waals surface area (Å²) >= 11 is 0. The number of hydrogen-bond donors (Lipinski definition) is 2. The minimum absolute atomic E-state index is 0.0705. The molecule has 3 N–H and O–H groups in total. The van der Waals surface area contributed by atoms with E-state index in [0.717, 1.165) is 32.8 Å². The van der Waals surface area contributed by atoms with Crippen LogP contribution in [0.2, 0.25) is 0 Å². The SMILES string of the molecule is CC1(C(=O)NCCN2CCOCC2)C=CC=C(C(N)=O)C1. The third-order valence-corrected chi connectivity index (χ3v) is 3.97. The molecule has 6 heteroatoms. The Kier molecular flexibility index (Phi) is 5.14. The van der Waals surface area contributed by atoms with Gasteiger partial charge in [-0.1, -0.05) is 18.2 Å². The molecule has 0 bridgehead atoms. The van der Waals surface area contributed by atoms with Crippen LogP contribution >= 0.6 is 0 Å². The molecule has 2 amide bonds. The summed E-state index contributed by atoms with van der Waals surface area (Å²) in [6.07, 6.45) is 5.57. The summed E-state index contributed by atoms with van der Waals surface area (Å²) < 4.78 is 5.28. The molecule has 0 radical (unpaired) electrons. The molecule has 1 fully saturated rings. The van der Waals surface area contributed by atoms with E-state index in [1.165, 1.54) is 0 Å². The van der Waals surface area contributed by atoms with Gasteiger partial charge in [0.25, 0.3) is 0 Å². The average molecular weight is 293 g/mol. The van der Waals surface area contributed by atoms with E-state index in [-0.39, 0.29) is 5.91 Å². The van der Waals surface area contributed by atoms with Crippen molar-refractivity contribution in [1.29, 1.82) is 0 Å². The zero-order valence-electron chi connectivity index (χ0n) is 12.4. The molecular formula is C15H23N3O3. The van der Waals surface area contributed by atoms with Crippen molar-refractivity contribution in [3.8, 4) is 0 Å². The van der Waals surface area contributed by atoms with Crippen molar-refractivity contribution in [2.45, 2.75) is 13.3 Å². The number of rotatable bonds is 5. The molecule has 0 spiro atoms. The quantitative estimate of drug-likeness (QED) is 0.736. The molecular weight excluding hydrogens is 270 g/mol. The molecule has 1 unspecified atom stereocenters. The van der Waals surface area contributed by atoms with Gasteiger partial charge in [0.2, 0.25) is 11.8 Å². The molecule has 2 aliphatic rings. The van der Waals surface area contributed by atoms with Crippen LogP contribution in [0.5, 0.6) is 0 Å². The van der Waals surface area contributed by atoms with Crippen molar-refractivity contribution in [1.82, 2.24) is 10.2 Å². The van der Waals surface area contributed by atoms with Crippen molar-refractivity contribution in [2.75, 3.05) is 39.4 Å². The molecule has 1 saturated heterocycles. The molecule has 0 aromatic heterocycles. The maximum Gasteiger partial charge on any atom is 0.244 e. The summed E-state index contributed by atoms with van der Waals surface area (Å²) in [4.78, 5) is 25.9. The Bertz CT molecular complexity index is 467. The smallest absolute Gasteiger partial charge is 0.244 e. The second-order valence-electron chi connectivity index (χ2n) is 5.72. The van der Waals surface area contributed by atoms with Gasteiger partial charge in [0.15, 0.2) is 0 Å². The fraction of sp³-hybridized carbons (Fsp3) is 0.600. The highest BCUT2D eigenvalue weighted by molar-refractivity contribution is 5.95. The number of nitrogens with zero attached hydrogens (tertiary/aromatic N) is 1. The van der Waals surface area contributed by atoms with Crippen LogP contribution < -0.4 is 11.1 Å². The summed E-state index contributed by atoms with van der Waals surface area (Å²) in [5, 5.41) is 2.95. The summed E-state index contributed by atoms with van der Waals surface area (Å²) in [6.45, 7) is 6.54. The molecule has 1 aliphatic heterocycles. The van der Waals surface area contributed by atoms with E-state index in [1.54, 1.807) is 12.2 Å². The molecule has 6 nitrogen and oxygen atoms in total. The second kappa shape index (κ2) is 6.87. The monoisotopic (exact) mass is 293 g/mol. The molecule has 0 aromatic carbocycles. The molecule has 1 heterocycles. The number of ether oxygens (including phenoxy) is 1. The summed E-state index contributed by atoms with van der Waals surface area (Å²) in [5.41, 5.74) is 5.08. The first kappa shape index (κ1) is 15.7. The average Bonchev–Trinajstić information content (AvgIpc) is 2.48. The Morgan fingerprint density at radius 2 is 2.14 bits per heavy atom. The molecule has 0 saturated carbocycles. The first-order chi connectivity index (χ1) is 10.0. The lowest BCUT2D eigenvalue weighted by atomic mass is 9.79. The van der Waals surface area contributed by atoms with Gasteiger partial charge in [-0.15, -0.1) is 0 Å². The number of morpholine rings is 1. The number of nitrogens with two attached hydrogens (primary N) is 1. The molecule has 0 aromatic rings. The van der Waals surface area contributed by atoms with Crippen LogP contribution in [-0.2, 0) is 14.3 Å². The molecule has 2 rings (SSSR count). The van der Waals surface area contributed by atoms with Gasteiger partial charge in [0.1, 0.15) is 0 Å². The summed E-state index contributed by atoms with van der Waals surface area (Å²) in [6, 6.07) is 0.